The molecule has 0 amide bonds. The normalized spacial score (nSPS) is 41.8. The van der Waals surface area contributed by atoms with Gasteiger partial charge in [0.05, 0.1) is 17.9 Å². The maximum Gasteiger partial charge on any atom is 0.266 e. The van der Waals surface area contributed by atoms with Crippen molar-refractivity contribution in [1.82, 2.24) is 14.8 Å². The quantitative estimate of drug-likeness (QED) is 0.660. The third-order valence-corrected chi connectivity index (χ3v) is 10.6. The van der Waals surface area contributed by atoms with Crippen LogP contribution in [0.15, 0.2) is 24.7 Å². The number of alkyl halides is 2. The lowest BCUT2D eigenvalue weighted by Crippen LogP contribution is -2.53. The van der Waals surface area contributed by atoms with E-state index >= 15 is 0 Å². The van der Waals surface area contributed by atoms with Gasteiger partial charge >= 0.3 is 0 Å². The summed E-state index contributed by atoms with van der Waals surface area (Å²) >= 11 is 0. The van der Waals surface area contributed by atoms with Crippen LogP contribution < -0.4 is 0 Å². The molecule has 0 radical (unpaired) electrons. The van der Waals surface area contributed by atoms with Gasteiger partial charge in [-0.3, -0.25) is 14.5 Å². The van der Waals surface area contributed by atoms with E-state index in [4.69, 9.17) is 0 Å². The van der Waals surface area contributed by atoms with Crippen molar-refractivity contribution in [2.45, 2.75) is 83.3 Å². The van der Waals surface area contributed by atoms with E-state index in [0.29, 0.717) is 30.2 Å². The minimum Gasteiger partial charge on any atom is -0.384 e. The number of carbonyl (C=O) groups is 1. The Kier molecular flexibility index (Phi) is 5.36. The molecule has 4 aliphatic carbocycles. The minimum atomic E-state index is -2.65. The minimum absolute atomic E-state index is 0.0185. The van der Waals surface area contributed by atoms with Crippen molar-refractivity contribution in [3.05, 3.63) is 24.7 Å². The Morgan fingerprint density at radius 1 is 1.12 bits per heavy atom. The van der Waals surface area contributed by atoms with Gasteiger partial charge in [-0.25, -0.2) is 8.78 Å². The lowest BCUT2D eigenvalue weighted by atomic mass is 9.49. The molecule has 34 heavy (non-hydrogen) atoms. The maximum atomic E-state index is 13.6. The number of aliphatic hydroxyl groups is 1. The molecule has 0 bridgehead atoms. The van der Waals surface area contributed by atoms with Crippen molar-refractivity contribution in [2.24, 2.45) is 40.9 Å². The van der Waals surface area contributed by atoms with E-state index in [-0.39, 0.29) is 35.9 Å². The van der Waals surface area contributed by atoms with Gasteiger partial charge in [0.2, 0.25) is 0 Å². The Bertz CT molecular complexity index is 1090. The molecule has 2 heterocycles. The topological polar surface area (TPSA) is 68.0 Å². The summed E-state index contributed by atoms with van der Waals surface area (Å²) in [6, 6.07) is 1.92. The third-order valence-electron chi connectivity index (χ3n) is 10.6. The molecule has 4 fully saturated rings. The molecule has 2 aromatic heterocycles. The van der Waals surface area contributed by atoms with E-state index in [9.17, 15) is 18.7 Å². The molecule has 0 saturated heterocycles. The zero-order valence-corrected chi connectivity index (χ0v) is 19.9. The molecule has 0 aromatic carbocycles. The average Bonchev–Trinajstić information content (AvgIpc) is 3.39. The number of nitrogens with zero attached hydrogens (tertiary/aromatic N) is 3. The molecule has 0 aliphatic heterocycles. The van der Waals surface area contributed by atoms with Crippen LogP contribution in [0.25, 0.3) is 10.9 Å². The van der Waals surface area contributed by atoms with Gasteiger partial charge in [-0.15, -0.1) is 0 Å². The second-order valence-electron chi connectivity index (χ2n) is 12.0. The van der Waals surface area contributed by atoms with E-state index in [2.05, 4.69) is 17.0 Å². The number of halogens is 2. The summed E-state index contributed by atoms with van der Waals surface area (Å²) in [5, 5.41) is 15.9. The molecule has 4 saturated carbocycles. The summed E-state index contributed by atoms with van der Waals surface area (Å²) in [6.07, 6.45) is 10.0. The van der Waals surface area contributed by atoms with Crippen LogP contribution in [-0.2, 0) is 11.3 Å². The SMILES string of the molecule is C[C@]12CC[C@@H]3C4CC[C@](O)(C(F)F)C[C@H]4CC[C@H]3[C@@H]1CC[C@@H]2C(=O)Cn1ncc2ccncc21. The van der Waals surface area contributed by atoms with E-state index in [0.717, 1.165) is 55.8 Å². The Morgan fingerprint density at radius 3 is 2.76 bits per heavy atom. The molecule has 2 aromatic rings. The second kappa shape index (κ2) is 8.07. The number of rotatable bonds is 4. The molecule has 4 aliphatic rings. The van der Waals surface area contributed by atoms with Crippen LogP contribution in [0, 0.1) is 40.9 Å². The molecule has 8 atom stereocenters. The number of carbonyl (C=O) groups excluding carboxylic acids is 1. The molecule has 184 valence electrons. The summed E-state index contributed by atoms with van der Waals surface area (Å²) in [5.41, 5.74) is -0.863. The van der Waals surface area contributed by atoms with Crippen LogP contribution in [-0.4, -0.2) is 37.7 Å². The van der Waals surface area contributed by atoms with Gasteiger partial charge in [0.25, 0.3) is 6.43 Å². The monoisotopic (exact) mass is 471 g/mol. The van der Waals surface area contributed by atoms with Gasteiger partial charge in [-0.05, 0) is 98.9 Å². The first-order chi connectivity index (χ1) is 16.3. The standard InChI is InChI=1S/C27H35F2N3O2/c1-26-9-6-19-18-7-10-27(34,25(28)29)12-16(18)2-3-20(19)21(26)4-5-22(26)24(33)15-32-23-14-30-11-8-17(23)13-31-32/h8,11,13-14,16,18-22,25,34H,2-7,9-10,12,15H2,1H3/t16-,18?,19-,20-,21+,22-,26+,27-/m1/s1. The number of fused-ring (bicyclic) bond motifs is 6. The lowest BCUT2D eigenvalue weighted by molar-refractivity contribution is -0.160. The first kappa shape index (κ1) is 22.6. The maximum absolute atomic E-state index is 13.6. The van der Waals surface area contributed by atoms with Crippen molar-refractivity contribution in [2.75, 3.05) is 0 Å². The van der Waals surface area contributed by atoms with Gasteiger partial charge in [-0.2, -0.15) is 5.10 Å². The highest BCUT2D eigenvalue weighted by atomic mass is 19.3. The highest BCUT2D eigenvalue weighted by Gasteiger charge is 2.59. The zero-order chi connectivity index (χ0) is 23.7. The van der Waals surface area contributed by atoms with Crippen molar-refractivity contribution >= 4 is 16.7 Å². The van der Waals surface area contributed by atoms with Crippen molar-refractivity contribution in [1.29, 1.82) is 0 Å². The predicted molar refractivity (Wildman–Crippen MR) is 124 cm³/mol. The van der Waals surface area contributed by atoms with Gasteiger partial charge < -0.3 is 5.11 Å². The van der Waals surface area contributed by atoms with Gasteiger partial charge in [0.1, 0.15) is 12.1 Å². The van der Waals surface area contributed by atoms with Crippen molar-refractivity contribution < 1.29 is 18.7 Å². The summed E-state index contributed by atoms with van der Waals surface area (Å²) < 4.78 is 28.7. The van der Waals surface area contributed by atoms with Gasteiger partial charge in [-0.1, -0.05) is 6.92 Å². The third kappa shape index (κ3) is 3.36. The molecular weight excluding hydrogens is 436 g/mol. The van der Waals surface area contributed by atoms with Gasteiger partial charge in [0, 0.05) is 17.5 Å². The zero-order valence-electron chi connectivity index (χ0n) is 19.9. The molecule has 1 N–H and O–H groups in total. The molecule has 1 unspecified atom stereocenters. The largest absolute Gasteiger partial charge is 0.384 e. The lowest BCUT2D eigenvalue weighted by Gasteiger charge is -2.57. The van der Waals surface area contributed by atoms with Crippen molar-refractivity contribution in [3.8, 4) is 0 Å². The number of ketones is 1. The number of pyridine rings is 1. The molecule has 6 rings (SSSR count). The second-order valence-corrected chi connectivity index (χ2v) is 12.0. The fourth-order valence-electron chi connectivity index (χ4n) is 8.94. The average molecular weight is 472 g/mol. The predicted octanol–water partition coefficient (Wildman–Crippen LogP) is 5.27. The Labute approximate surface area is 199 Å². The Hall–Kier alpha value is -1.89. The number of hydrogen-bond acceptors (Lipinski definition) is 4. The van der Waals surface area contributed by atoms with E-state index < -0.39 is 12.0 Å². The van der Waals surface area contributed by atoms with Crippen LogP contribution in [0.1, 0.15) is 64.7 Å². The van der Waals surface area contributed by atoms with E-state index in [1.54, 1.807) is 23.3 Å². The first-order valence-corrected chi connectivity index (χ1v) is 13.1. The highest BCUT2D eigenvalue weighted by Crippen LogP contribution is 2.65. The fourth-order valence-corrected chi connectivity index (χ4v) is 8.94. The highest BCUT2D eigenvalue weighted by molar-refractivity contribution is 5.84. The fraction of sp³-hybridized carbons (Fsp3) is 0.741. The number of Topliss-reactive ketones (excluding diaryl/α,β-unsaturated/α-hetero) is 1. The Balaban J connectivity index is 1.18. The van der Waals surface area contributed by atoms with E-state index in [1.807, 2.05) is 6.07 Å². The Morgan fingerprint density at radius 2 is 1.94 bits per heavy atom. The molecular formula is C27H35F2N3O2. The summed E-state index contributed by atoms with van der Waals surface area (Å²) in [5.74, 6) is 2.71. The van der Waals surface area contributed by atoms with Crippen LogP contribution in [0.2, 0.25) is 0 Å². The van der Waals surface area contributed by atoms with Crippen LogP contribution in [0.3, 0.4) is 0 Å². The summed E-state index contributed by atoms with van der Waals surface area (Å²) in [6.45, 7) is 2.64. The summed E-state index contributed by atoms with van der Waals surface area (Å²) in [4.78, 5) is 17.8. The first-order valence-electron chi connectivity index (χ1n) is 13.1. The van der Waals surface area contributed by atoms with Crippen LogP contribution in [0.5, 0.6) is 0 Å². The molecule has 5 nitrogen and oxygen atoms in total. The number of hydrogen-bond donors (Lipinski definition) is 1. The van der Waals surface area contributed by atoms with Crippen LogP contribution >= 0.6 is 0 Å². The molecule has 0 spiro atoms. The molecule has 7 heteroatoms. The van der Waals surface area contributed by atoms with Crippen molar-refractivity contribution in [3.63, 3.8) is 0 Å². The van der Waals surface area contributed by atoms with Crippen LogP contribution in [0.4, 0.5) is 8.78 Å². The van der Waals surface area contributed by atoms with E-state index in [1.165, 1.54) is 0 Å². The summed E-state index contributed by atoms with van der Waals surface area (Å²) in [7, 11) is 0. The van der Waals surface area contributed by atoms with Gasteiger partial charge in [0.15, 0.2) is 5.78 Å². The smallest absolute Gasteiger partial charge is 0.266 e. The number of aromatic nitrogens is 3.